The van der Waals surface area contributed by atoms with Crippen molar-refractivity contribution in [2.24, 2.45) is 5.41 Å². The molecular formula is C13H29N. The molecule has 0 aliphatic carbocycles. The van der Waals surface area contributed by atoms with Gasteiger partial charge in [0, 0.05) is 6.54 Å². The van der Waals surface area contributed by atoms with Gasteiger partial charge in [0.1, 0.15) is 0 Å². The van der Waals surface area contributed by atoms with Gasteiger partial charge < -0.3 is 5.32 Å². The molecule has 0 aromatic rings. The maximum atomic E-state index is 3.55. The standard InChI is InChI=1S/C13H29N/c1-5-7-8-9-10-11-14-12-13(3,4)6-2/h14H,5-12H2,1-4H3. The summed E-state index contributed by atoms with van der Waals surface area (Å²) in [6, 6.07) is 0. The van der Waals surface area contributed by atoms with E-state index in [0.29, 0.717) is 5.41 Å². The van der Waals surface area contributed by atoms with Crippen molar-refractivity contribution in [1.82, 2.24) is 5.32 Å². The topological polar surface area (TPSA) is 12.0 Å². The van der Waals surface area contributed by atoms with Crippen LogP contribution in [-0.2, 0) is 0 Å². The van der Waals surface area contributed by atoms with E-state index in [0.717, 1.165) is 6.54 Å². The van der Waals surface area contributed by atoms with E-state index < -0.39 is 0 Å². The first-order valence-corrected chi connectivity index (χ1v) is 6.33. The van der Waals surface area contributed by atoms with Crippen LogP contribution in [0.25, 0.3) is 0 Å². The van der Waals surface area contributed by atoms with Crippen LogP contribution in [0.2, 0.25) is 0 Å². The van der Waals surface area contributed by atoms with E-state index in [9.17, 15) is 0 Å². The average molecular weight is 199 g/mol. The van der Waals surface area contributed by atoms with Crippen molar-refractivity contribution in [2.45, 2.75) is 66.2 Å². The first-order chi connectivity index (χ1) is 6.62. The Kier molecular flexibility index (Phi) is 8.26. The smallest absolute Gasteiger partial charge is 0.000241 e. The Labute approximate surface area is 90.7 Å². The van der Waals surface area contributed by atoms with Crippen LogP contribution in [0.4, 0.5) is 0 Å². The molecule has 0 atom stereocenters. The van der Waals surface area contributed by atoms with Crippen LogP contribution in [0.3, 0.4) is 0 Å². The molecule has 0 bridgehead atoms. The lowest BCUT2D eigenvalue weighted by Gasteiger charge is -2.22. The number of hydrogen-bond acceptors (Lipinski definition) is 1. The Balaban J connectivity index is 3.13. The summed E-state index contributed by atoms with van der Waals surface area (Å²) >= 11 is 0. The molecule has 0 amide bonds. The lowest BCUT2D eigenvalue weighted by molar-refractivity contribution is 0.327. The highest BCUT2D eigenvalue weighted by molar-refractivity contribution is 4.68. The van der Waals surface area contributed by atoms with Crippen molar-refractivity contribution in [3.63, 3.8) is 0 Å². The van der Waals surface area contributed by atoms with Gasteiger partial charge in [-0.1, -0.05) is 53.4 Å². The van der Waals surface area contributed by atoms with E-state index in [1.54, 1.807) is 0 Å². The Morgan fingerprint density at radius 2 is 1.57 bits per heavy atom. The summed E-state index contributed by atoms with van der Waals surface area (Å²) < 4.78 is 0. The molecule has 0 saturated heterocycles. The van der Waals surface area contributed by atoms with Gasteiger partial charge >= 0.3 is 0 Å². The lowest BCUT2D eigenvalue weighted by Crippen LogP contribution is -2.29. The largest absolute Gasteiger partial charge is 0.316 e. The maximum Gasteiger partial charge on any atom is 0.000241 e. The summed E-state index contributed by atoms with van der Waals surface area (Å²) in [7, 11) is 0. The number of nitrogens with one attached hydrogen (secondary N) is 1. The molecular weight excluding hydrogens is 170 g/mol. The van der Waals surface area contributed by atoms with E-state index in [-0.39, 0.29) is 0 Å². The predicted molar refractivity (Wildman–Crippen MR) is 65.7 cm³/mol. The van der Waals surface area contributed by atoms with Crippen LogP contribution in [0.15, 0.2) is 0 Å². The highest BCUT2D eigenvalue weighted by Gasteiger charge is 2.13. The van der Waals surface area contributed by atoms with Crippen LogP contribution in [0.1, 0.15) is 66.2 Å². The molecule has 86 valence electrons. The fraction of sp³-hybridized carbons (Fsp3) is 1.00. The zero-order chi connectivity index (χ0) is 10.9. The summed E-state index contributed by atoms with van der Waals surface area (Å²) in [5.41, 5.74) is 0.476. The van der Waals surface area contributed by atoms with Gasteiger partial charge in [0.15, 0.2) is 0 Å². The quantitative estimate of drug-likeness (QED) is 0.554. The van der Waals surface area contributed by atoms with Gasteiger partial charge in [0.05, 0.1) is 0 Å². The van der Waals surface area contributed by atoms with Crippen molar-refractivity contribution in [2.75, 3.05) is 13.1 Å². The third-order valence-corrected chi connectivity index (χ3v) is 3.02. The third kappa shape index (κ3) is 8.55. The Bertz CT molecular complexity index is 118. The molecule has 1 nitrogen and oxygen atoms in total. The van der Waals surface area contributed by atoms with E-state index in [2.05, 4.69) is 33.0 Å². The van der Waals surface area contributed by atoms with Gasteiger partial charge in [-0.05, 0) is 24.8 Å². The highest BCUT2D eigenvalue weighted by atomic mass is 14.9. The van der Waals surface area contributed by atoms with Gasteiger partial charge in [-0.2, -0.15) is 0 Å². The molecule has 0 rings (SSSR count). The van der Waals surface area contributed by atoms with Crippen LogP contribution in [0, 0.1) is 5.41 Å². The molecule has 1 heteroatoms. The Morgan fingerprint density at radius 3 is 2.14 bits per heavy atom. The van der Waals surface area contributed by atoms with Gasteiger partial charge in [0.25, 0.3) is 0 Å². The highest BCUT2D eigenvalue weighted by Crippen LogP contribution is 2.17. The van der Waals surface area contributed by atoms with E-state index in [4.69, 9.17) is 0 Å². The monoisotopic (exact) mass is 199 g/mol. The lowest BCUT2D eigenvalue weighted by atomic mass is 9.90. The van der Waals surface area contributed by atoms with Crippen LogP contribution >= 0.6 is 0 Å². The first kappa shape index (κ1) is 14.0. The molecule has 0 saturated carbocycles. The molecule has 0 aliphatic rings. The summed E-state index contributed by atoms with van der Waals surface area (Å²) in [6.07, 6.45) is 8.16. The number of rotatable bonds is 9. The minimum Gasteiger partial charge on any atom is -0.316 e. The molecule has 14 heavy (non-hydrogen) atoms. The summed E-state index contributed by atoms with van der Waals surface area (Å²) in [6.45, 7) is 11.6. The van der Waals surface area contributed by atoms with E-state index in [1.807, 2.05) is 0 Å². The van der Waals surface area contributed by atoms with Crippen LogP contribution in [0.5, 0.6) is 0 Å². The van der Waals surface area contributed by atoms with E-state index >= 15 is 0 Å². The second kappa shape index (κ2) is 8.28. The molecule has 0 unspecified atom stereocenters. The van der Waals surface area contributed by atoms with Crippen molar-refractivity contribution in [3.8, 4) is 0 Å². The molecule has 0 aromatic carbocycles. The minimum absolute atomic E-state index is 0.476. The third-order valence-electron chi connectivity index (χ3n) is 3.02. The molecule has 0 radical (unpaired) electrons. The molecule has 0 fully saturated rings. The zero-order valence-electron chi connectivity index (χ0n) is 10.7. The number of unbranched alkanes of at least 4 members (excludes halogenated alkanes) is 4. The zero-order valence-corrected chi connectivity index (χ0v) is 10.7. The summed E-state index contributed by atoms with van der Waals surface area (Å²) in [5.74, 6) is 0. The van der Waals surface area contributed by atoms with Gasteiger partial charge in [-0.3, -0.25) is 0 Å². The van der Waals surface area contributed by atoms with Crippen molar-refractivity contribution in [3.05, 3.63) is 0 Å². The fourth-order valence-corrected chi connectivity index (χ4v) is 1.41. The SMILES string of the molecule is CCCCCCCNCC(C)(C)CC. The number of hydrogen-bond donors (Lipinski definition) is 1. The fourth-order valence-electron chi connectivity index (χ4n) is 1.41. The molecule has 1 N–H and O–H groups in total. The second-order valence-corrected chi connectivity index (χ2v) is 5.11. The van der Waals surface area contributed by atoms with Crippen LogP contribution in [-0.4, -0.2) is 13.1 Å². The van der Waals surface area contributed by atoms with Crippen molar-refractivity contribution in [1.29, 1.82) is 0 Å². The summed E-state index contributed by atoms with van der Waals surface area (Å²) in [5, 5.41) is 3.55. The normalized spacial score (nSPS) is 12.0. The molecule has 0 spiro atoms. The Hall–Kier alpha value is -0.0400. The summed E-state index contributed by atoms with van der Waals surface area (Å²) in [4.78, 5) is 0. The Morgan fingerprint density at radius 1 is 0.929 bits per heavy atom. The predicted octanol–water partition coefficient (Wildman–Crippen LogP) is 3.98. The van der Waals surface area contributed by atoms with Gasteiger partial charge in [-0.15, -0.1) is 0 Å². The molecule has 0 heterocycles. The second-order valence-electron chi connectivity index (χ2n) is 5.11. The average Bonchev–Trinajstić information content (AvgIpc) is 2.16. The molecule has 0 aliphatic heterocycles. The van der Waals surface area contributed by atoms with Crippen LogP contribution < -0.4 is 5.32 Å². The van der Waals surface area contributed by atoms with Gasteiger partial charge in [-0.25, -0.2) is 0 Å². The van der Waals surface area contributed by atoms with Gasteiger partial charge in [0.2, 0.25) is 0 Å². The molecule has 0 aromatic heterocycles. The van der Waals surface area contributed by atoms with E-state index in [1.165, 1.54) is 45.1 Å². The minimum atomic E-state index is 0.476. The van der Waals surface area contributed by atoms with Crippen molar-refractivity contribution >= 4 is 0 Å². The first-order valence-electron chi connectivity index (χ1n) is 6.33. The van der Waals surface area contributed by atoms with Crippen molar-refractivity contribution < 1.29 is 0 Å². The maximum absolute atomic E-state index is 3.55.